The molecule has 9 nitrogen and oxygen atoms in total. The van der Waals surface area contributed by atoms with Crippen molar-refractivity contribution >= 4 is 55.7 Å². The molecular formula is C25H19N3O6S2. The second-order valence-electron chi connectivity index (χ2n) is 8.14. The highest BCUT2D eigenvalue weighted by Gasteiger charge is 2.30. The zero-order valence-corrected chi connectivity index (χ0v) is 20.3. The molecule has 0 saturated heterocycles. The van der Waals surface area contributed by atoms with Crippen molar-refractivity contribution in [1.82, 2.24) is 0 Å². The lowest BCUT2D eigenvalue weighted by Gasteiger charge is -2.11. The number of thioether (sulfide) groups is 1. The number of carbonyl (C=O) groups is 1. The van der Waals surface area contributed by atoms with E-state index in [2.05, 4.69) is 15.5 Å². The van der Waals surface area contributed by atoms with Crippen LogP contribution in [0.5, 0.6) is 5.75 Å². The van der Waals surface area contributed by atoms with Gasteiger partial charge in [0, 0.05) is 5.39 Å². The quantitative estimate of drug-likeness (QED) is 0.173. The lowest BCUT2D eigenvalue weighted by atomic mass is 10.0. The predicted molar refractivity (Wildman–Crippen MR) is 136 cm³/mol. The summed E-state index contributed by atoms with van der Waals surface area (Å²) in [5.74, 6) is -1.73. The molecule has 0 spiro atoms. The second kappa shape index (κ2) is 8.94. The van der Waals surface area contributed by atoms with Crippen LogP contribution in [0.2, 0.25) is 0 Å². The molecule has 0 bridgehead atoms. The smallest absolute Gasteiger partial charge is 0.339 e. The van der Waals surface area contributed by atoms with E-state index in [1.807, 2.05) is 0 Å². The first-order valence-electron chi connectivity index (χ1n) is 10.7. The molecular weight excluding hydrogens is 502 g/mol. The summed E-state index contributed by atoms with van der Waals surface area (Å²) in [5.41, 5.74) is 2.19. The van der Waals surface area contributed by atoms with E-state index in [9.17, 15) is 28.0 Å². The van der Waals surface area contributed by atoms with Crippen molar-refractivity contribution < 1.29 is 28.0 Å². The van der Waals surface area contributed by atoms with Gasteiger partial charge in [-0.05, 0) is 47.7 Å². The molecule has 0 fully saturated rings. The Bertz CT molecular complexity index is 1670. The molecule has 1 heterocycles. The largest absolute Gasteiger partial charge is 0.505 e. The van der Waals surface area contributed by atoms with E-state index in [0.29, 0.717) is 32.6 Å². The van der Waals surface area contributed by atoms with Gasteiger partial charge in [0.05, 0.1) is 16.3 Å². The van der Waals surface area contributed by atoms with Crippen LogP contribution in [0.3, 0.4) is 0 Å². The Kier molecular flexibility index (Phi) is 5.91. The number of hydrogen-bond acceptors (Lipinski definition) is 8. The summed E-state index contributed by atoms with van der Waals surface area (Å²) in [5, 5.41) is 32.4. The van der Waals surface area contributed by atoms with Crippen molar-refractivity contribution in [2.45, 2.75) is 22.1 Å². The van der Waals surface area contributed by atoms with Gasteiger partial charge in [0.25, 0.3) is 10.1 Å². The molecule has 0 amide bonds. The number of rotatable bonds is 5. The average Bonchev–Trinajstić information content (AvgIpc) is 3.26. The summed E-state index contributed by atoms with van der Waals surface area (Å²) in [4.78, 5) is 11.9. The highest BCUT2D eigenvalue weighted by molar-refractivity contribution is 8.00. The number of aryl methyl sites for hydroxylation is 1. The summed E-state index contributed by atoms with van der Waals surface area (Å²) < 4.78 is 33.5. The monoisotopic (exact) mass is 521 g/mol. The lowest BCUT2D eigenvalue weighted by molar-refractivity contribution is 0.0694. The van der Waals surface area contributed by atoms with Gasteiger partial charge in [-0.2, -0.15) is 13.5 Å². The van der Waals surface area contributed by atoms with Gasteiger partial charge in [0.15, 0.2) is 5.75 Å². The first-order chi connectivity index (χ1) is 17.1. The lowest BCUT2D eigenvalue weighted by Crippen LogP contribution is -2.03. The molecule has 1 unspecified atom stereocenters. The van der Waals surface area contributed by atoms with Gasteiger partial charge >= 0.3 is 5.97 Å². The van der Waals surface area contributed by atoms with E-state index >= 15 is 0 Å². The summed E-state index contributed by atoms with van der Waals surface area (Å²) in [7, 11) is -4.38. The maximum atomic E-state index is 11.9. The van der Waals surface area contributed by atoms with Crippen molar-refractivity contribution in [2.24, 2.45) is 10.2 Å². The van der Waals surface area contributed by atoms with E-state index in [4.69, 9.17) is 0 Å². The number of azo groups is 1. The minimum Gasteiger partial charge on any atom is -0.505 e. The van der Waals surface area contributed by atoms with E-state index < -0.39 is 21.8 Å². The minimum atomic E-state index is -4.38. The summed E-state index contributed by atoms with van der Waals surface area (Å²) in [6.45, 7) is 1.63. The molecule has 1 aliphatic heterocycles. The number of benzene rings is 4. The Labute approximate surface area is 210 Å². The molecule has 11 heteroatoms. The number of carboxylic acids is 1. The molecule has 1 atom stereocenters. The van der Waals surface area contributed by atoms with E-state index in [1.54, 1.807) is 67.6 Å². The zero-order valence-electron chi connectivity index (χ0n) is 18.7. The third-order valence-corrected chi connectivity index (χ3v) is 8.23. The highest BCUT2D eigenvalue weighted by Crippen LogP contribution is 2.50. The van der Waals surface area contributed by atoms with Crippen LogP contribution in [0, 0.1) is 6.92 Å². The van der Waals surface area contributed by atoms with Crippen molar-refractivity contribution in [3.63, 3.8) is 0 Å². The number of aromatic hydroxyl groups is 1. The topological polar surface area (TPSA) is 149 Å². The molecule has 4 aromatic rings. The van der Waals surface area contributed by atoms with Crippen molar-refractivity contribution in [3.05, 3.63) is 83.4 Å². The number of phenols is 1. The molecule has 36 heavy (non-hydrogen) atoms. The van der Waals surface area contributed by atoms with Gasteiger partial charge in [-0.3, -0.25) is 4.55 Å². The van der Waals surface area contributed by atoms with Crippen LogP contribution >= 0.6 is 11.8 Å². The molecule has 1 aliphatic rings. The number of fused-ring (bicyclic) bond motifs is 2. The van der Waals surface area contributed by atoms with Gasteiger partial charge in [-0.25, -0.2) is 4.79 Å². The Hall–Kier alpha value is -3.93. The molecule has 4 N–H and O–H groups in total. The van der Waals surface area contributed by atoms with Crippen LogP contribution in [0.4, 0.5) is 17.1 Å². The number of nitrogens with zero attached hydrogens (tertiary/aromatic N) is 2. The van der Waals surface area contributed by atoms with Crippen molar-refractivity contribution in [2.75, 3.05) is 5.32 Å². The fourth-order valence-electron chi connectivity index (χ4n) is 4.06. The van der Waals surface area contributed by atoms with Gasteiger partial charge in [-0.15, -0.1) is 5.11 Å². The molecule has 5 rings (SSSR count). The normalized spacial score (nSPS) is 15.2. The Morgan fingerprint density at radius 3 is 2.44 bits per heavy atom. The molecule has 0 radical (unpaired) electrons. The zero-order chi connectivity index (χ0) is 25.6. The fourth-order valence-corrected chi connectivity index (χ4v) is 6.57. The Balaban J connectivity index is 1.43. The third kappa shape index (κ3) is 4.28. The van der Waals surface area contributed by atoms with Crippen LogP contribution < -0.4 is 5.32 Å². The van der Waals surface area contributed by atoms with Crippen LogP contribution in [0.15, 0.2) is 86.7 Å². The van der Waals surface area contributed by atoms with Crippen LogP contribution in [-0.4, -0.2) is 29.2 Å². The van der Waals surface area contributed by atoms with Crippen LogP contribution in [0.25, 0.3) is 10.8 Å². The maximum absolute atomic E-state index is 11.9. The van der Waals surface area contributed by atoms with Gasteiger partial charge < -0.3 is 15.5 Å². The number of carboxylic acid groups (broad SMARTS) is 1. The average molecular weight is 522 g/mol. The molecule has 0 aromatic heterocycles. The SMILES string of the molecule is Cc1ccc2c(c1S(=O)(=O)O)SC(c1ccc(/N=N/c3c(O)c(C(=O)O)cc4ccccc34)cc1)N2. The predicted octanol–water partition coefficient (Wildman–Crippen LogP) is 6.43. The van der Waals surface area contributed by atoms with Gasteiger partial charge in [0.2, 0.25) is 0 Å². The molecule has 4 aromatic carbocycles. The van der Waals surface area contributed by atoms with Crippen LogP contribution in [-0.2, 0) is 10.1 Å². The van der Waals surface area contributed by atoms with E-state index in [0.717, 1.165) is 5.56 Å². The fraction of sp³-hybridized carbons (Fsp3) is 0.0800. The summed E-state index contributed by atoms with van der Waals surface area (Å²) in [6, 6.07) is 18.8. The van der Waals surface area contributed by atoms with Crippen LogP contribution in [0.1, 0.15) is 26.9 Å². The first kappa shape index (κ1) is 23.8. The molecule has 0 aliphatic carbocycles. The van der Waals surface area contributed by atoms with Gasteiger partial charge in [0.1, 0.15) is 21.5 Å². The molecule has 182 valence electrons. The summed E-state index contributed by atoms with van der Waals surface area (Å²) >= 11 is 1.29. The Morgan fingerprint density at radius 2 is 1.75 bits per heavy atom. The van der Waals surface area contributed by atoms with Crippen molar-refractivity contribution in [3.8, 4) is 5.75 Å². The second-order valence-corrected chi connectivity index (χ2v) is 10.6. The highest BCUT2D eigenvalue weighted by atomic mass is 32.2. The maximum Gasteiger partial charge on any atom is 0.339 e. The third-order valence-electron chi connectivity index (χ3n) is 5.78. The van der Waals surface area contributed by atoms with Crippen molar-refractivity contribution in [1.29, 1.82) is 0 Å². The summed E-state index contributed by atoms with van der Waals surface area (Å²) in [6.07, 6.45) is 0. The van der Waals surface area contributed by atoms with E-state index in [1.165, 1.54) is 17.8 Å². The van der Waals surface area contributed by atoms with E-state index in [-0.39, 0.29) is 21.5 Å². The number of nitrogens with one attached hydrogen (secondary N) is 1. The standard InChI is InChI=1S/C25H19N3O6S2/c1-13-6-11-19-22(23(13)36(32,33)34)35-24(26-19)14-7-9-16(10-8-14)27-28-20-17-5-3-2-4-15(17)12-18(21(20)29)25(30)31/h2-12,24,26,29H,1H3,(H,30,31)(H,32,33,34)/b28-27+. The number of anilines is 1. The Morgan fingerprint density at radius 1 is 1.03 bits per heavy atom. The number of hydrogen-bond donors (Lipinski definition) is 4. The first-order valence-corrected chi connectivity index (χ1v) is 13.0. The van der Waals surface area contributed by atoms with Gasteiger partial charge in [-0.1, -0.05) is 54.2 Å². The minimum absolute atomic E-state index is 0.0613. The molecule has 0 saturated carbocycles. The number of aromatic carboxylic acids is 1.